The van der Waals surface area contributed by atoms with Gasteiger partial charge in [-0.3, -0.25) is 0 Å². The molecule has 0 N–H and O–H groups in total. The first kappa shape index (κ1) is 8.74. The van der Waals surface area contributed by atoms with E-state index in [1.54, 1.807) is 0 Å². The second-order valence-electron chi connectivity index (χ2n) is 4.19. The summed E-state index contributed by atoms with van der Waals surface area (Å²) in [7, 11) is 0. The molecule has 0 radical (unpaired) electrons. The Morgan fingerprint density at radius 2 is 2.00 bits per heavy atom. The molecular formula is C12H15F. The third kappa shape index (κ3) is 1.37. The largest absolute Gasteiger partial charge is 0.246 e. The highest BCUT2D eigenvalue weighted by Crippen LogP contribution is 2.39. The Labute approximate surface area is 78.8 Å². The van der Waals surface area contributed by atoms with Crippen LogP contribution < -0.4 is 0 Å². The molecule has 0 fully saturated rings. The number of benzene rings is 1. The van der Waals surface area contributed by atoms with Gasteiger partial charge >= 0.3 is 0 Å². The fourth-order valence-electron chi connectivity index (χ4n) is 2.35. The van der Waals surface area contributed by atoms with Gasteiger partial charge < -0.3 is 0 Å². The van der Waals surface area contributed by atoms with E-state index >= 15 is 0 Å². The zero-order valence-corrected chi connectivity index (χ0v) is 8.13. The number of rotatable bonds is 1. The van der Waals surface area contributed by atoms with Crippen molar-refractivity contribution in [3.8, 4) is 0 Å². The summed E-state index contributed by atoms with van der Waals surface area (Å²) in [4.78, 5) is 0. The smallest absolute Gasteiger partial charge is 0.111 e. The molecule has 1 heteroatoms. The Morgan fingerprint density at radius 3 is 2.69 bits per heavy atom. The summed E-state index contributed by atoms with van der Waals surface area (Å²) in [5.41, 5.74) is 2.43. The molecular weight excluding hydrogens is 163 g/mol. The Bertz CT molecular complexity index is 304. The number of fused-ring (bicyclic) bond motifs is 1. The van der Waals surface area contributed by atoms with Crippen molar-refractivity contribution >= 4 is 0 Å². The van der Waals surface area contributed by atoms with Crippen molar-refractivity contribution in [1.82, 2.24) is 0 Å². The van der Waals surface area contributed by atoms with Crippen LogP contribution in [-0.2, 0) is 6.42 Å². The lowest BCUT2D eigenvalue weighted by molar-refractivity contribution is 0.260. The van der Waals surface area contributed by atoms with E-state index in [1.165, 1.54) is 11.1 Å². The SMILES string of the molecule is CC(C)C1c2ccccc2CC1F. The number of hydrogen-bond donors (Lipinski definition) is 0. The second-order valence-corrected chi connectivity index (χ2v) is 4.19. The highest BCUT2D eigenvalue weighted by Gasteiger charge is 2.33. The van der Waals surface area contributed by atoms with Gasteiger partial charge in [0.2, 0.25) is 0 Å². The van der Waals surface area contributed by atoms with E-state index in [1.807, 2.05) is 18.2 Å². The molecule has 0 spiro atoms. The maximum atomic E-state index is 13.6. The molecule has 0 aliphatic heterocycles. The van der Waals surface area contributed by atoms with Crippen LogP contribution in [0.2, 0.25) is 0 Å². The van der Waals surface area contributed by atoms with Gasteiger partial charge in [0.15, 0.2) is 0 Å². The van der Waals surface area contributed by atoms with Crippen LogP contribution in [0, 0.1) is 5.92 Å². The number of alkyl halides is 1. The molecule has 2 unspecified atom stereocenters. The van der Waals surface area contributed by atoms with Crippen molar-refractivity contribution in [1.29, 1.82) is 0 Å². The topological polar surface area (TPSA) is 0 Å². The molecule has 1 aromatic rings. The molecule has 0 amide bonds. The highest BCUT2D eigenvalue weighted by atomic mass is 19.1. The monoisotopic (exact) mass is 178 g/mol. The van der Waals surface area contributed by atoms with Crippen LogP contribution in [0.1, 0.15) is 30.9 Å². The lowest BCUT2D eigenvalue weighted by Gasteiger charge is -2.18. The lowest BCUT2D eigenvalue weighted by Crippen LogP contribution is -2.14. The molecule has 2 rings (SSSR count). The second kappa shape index (κ2) is 3.13. The lowest BCUT2D eigenvalue weighted by atomic mass is 9.89. The van der Waals surface area contributed by atoms with Gasteiger partial charge in [-0.25, -0.2) is 4.39 Å². The maximum Gasteiger partial charge on any atom is 0.111 e. The predicted octanol–water partition coefficient (Wildman–Crippen LogP) is 3.32. The van der Waals surface area contributed by atoms with Crippen molar-refractivity contribution in [2.75, 3.05) is 0 Å². The van der Waals surface area contributed by atoms with Gasteiger partial charge in [-0.2, -0.15) is 0 Å². The highest BCUT2D eigenvalue weighted by molar-refractivity contribution is 5.37. The van der Waals surface area contributed by atoms with Gasteiger partial charge in [-0.1, -0.05) is 38.1 Å². The molecule has 1 aromatic carbocycles. The van der Waals surface area contributed by atoms with E-state index in [0.29, 0.717) is 12.3 Å². The molecule has 1 aliphatic carbocycles. The Balaban J connectivity index is 2.40. The van der Waals surface area contributed by atoms with Gasteiger partial charge in [-0.15, -0.1) is 0 Å². The summed E-state index contributed by atoms with van der Waals surface area (Å²) < 4.78 is 13.6. The fraction of sp³-hybridized carbons (Fsp3) is 0.500. The minimum absolute atomic E-state index is 0.121. The van der Waals surface area contributed by atoms with Gasteiger partial charge in [-0.05, 0) is 17.0 Å². The molecule has 2 atom stereocenters. The molecule has 0 saturated carbocycles. The van der Waals surface area contributed by atoms with Crippen LogP contribution in [0.4, 0.5) is 4.39 Å². The van der Waals surface area contributed by atoms with Crippen LogP contribution in [-0.4, -0.2) is 6.17 Å². The molecule has 0 bridgehead atoms. The van der Waals surface area contributed by atoms with Crippen LogP contribution >= 0.6 is 0 Å². The van der Waals surface area contributed by atoms with Gasteiger partial charge in [0.1, 0.15) is 6.17 Å². The van der Waals surface area contributed by atoms with Gasteiger partial charge in [0.25, 0.3) is 0 Å². The summed E-state index contributed by atoms with van der Waals surface area (Å²) in [6, 6.07) is 8.12. The average molecular weight is 178 g/mol. The van der Waals surface area contributed by atoms with E-state index in [0.717, 1.165) is 0 Å². The maximum absolute atomic E-state index is 13.6. The van der Waals surface area contributed by atoms with E-state index in [4.69, 9.17) is 0 Å². The first-order valence-electron chi connectivity index (χ1n) is 4.92. The Kier molecular flexibility index (Phi) is 2.10. The average Bonchev–Trinajstić information content (AvgIpc) is 2.39. The number of hydrogen-bond acceptors (Lipinski definition) is 0. The first-order valence-corrected chi connectivity index (χ1v) is 4.92. The van der Waals surface area contributed by atoms with E-state index in [9.17, 15) is 4.39 Å². The van der Waals surface area contributed by atoms with Crippen molar-refractivity contribution < 1.29 is 4.39 Å². The summed E-state index contributed by atoms with van der Waals surface area (Å²) in [6.45, 7) is 4.19. The zero-order valence-electron chi connectivity index (χ0n) is 8.13. The summed E-state index contributed by atoms with van der Waals surface area (Å²) in [5, 5.41) is 0. The third-order valence-corrected chi connectivity index (χ3v) is 2.94. The summed E-state index contributed by atoms with van der Waals surface area (Å²) >= 11 is 0. The summed E-state index contributed by atoms with van der Waals surface area (Å²) in [6.07, 6.45) is -0.0589. The van der Waals surface area contributed by atoms with Gasteiger partial charge in [0, 0.05) is 12.3 Å². The number of halogens is 1. The molecule has 0 aromatic heterocycles. The van der Waals surface area contributed by atoms with Crippen molar-refractivity contribution in [3.63, 3.8) is 0 Å². The Hall–Kier alpha value is -0.850. The molecule has 70 valence electrons. The normalized spacial score (nSPS) is 26.5. The van der Waals surface area contributed by atoms with Crippen molar-refractivity contribution in [3.05, 3.63) is 35.4 Å². The van der Waals surface area contributed by atoms with Crippen LogP contribution in [0.5, 0.6) is 0 Å². The van der Waals surface area contributed by atoms with Crippen molar-refractivity contribution in [2.24, 2.45) is 5.92 Å². The molecule has 1 aliphatic rings. The third-order valence-electron chi connectivity index (χ3n) is 2.94. The van der Waals surface area contributed by atoms with E-state index < -0.39 is 6.17 Å². The molecule has 0 heterocycles. The van der Waals surface area contributed by atoms with Crippen LogP contribution in [0.25, 0.3) is 0 Å². The predicted molar refractivity (Wildman–Crippen MR) is 52.6 cm³/mol. The quantitative estimate of drug-likeness (QED) is 0.618. The van der Waals surface area contributed by atoms with Crippen LogP contribution in [0.3, 0.4) is 0 Å². The van der Waals surface area contributed by atoms with E-state index in [-0.39, 0.29) is 5.92 Å². The van der Waals surface area contributed by atoms with Crippen LogP contribution in [0.15, 0.2) is 24.3 Å². The minimum atomic E-state index is -0.669. The van der Waals surface area contributed by atoms with Gasteiger partial charge in [0.05, 0.1) is 0 Å². The first-order chi connectivity index (χ1) is 6.20. The Morgan fingerprint density at radius 1 is 1.31 bits per heavy atom. The molecule has 13 heavy (non-hydrogen) atoms. The fourth-order valence-corrected chi connectivity index (χ4v) is 2.35. The minimum Gasteiger partial charge on any atom is -0.246 e. The van der Waals surface area contributed by atoms with Crippen molar-refractivity contribution in [2.45, 2.75) is 32.4 Å². The standard InChI is InChI=1S/C12H15F/c1-8(2)12-10-6-4-3-5-9(10)7-11(12)13/h3-6,8,11-12H,7H2,1-2H3. The zero-order chi connectivity index (χ0) is 9.42. The molecule has 0 saturated heterocycles. The summed E-state index contributed by atoms with van der Waals surface area (Å²) in [5.74, 6) is 0.523. The van der Waals surface area contributed by atoms with E-state index in [2.05, 4.69) is 19.9 Å². The molecule has 0 nitrogen and oxygen atoms in total.